The Morgan fingerprint density at radius 3 is 2.85 bits per heavy atom. The van der Waals surface area contributed by atoms with Crippen LogP contribution in [0.4, 0.5) is 11.4 Å². The summed E-state index contributed by atoms with van der Waals surface area (Å²) in [6.07, 6.45) is 7.27. The normalized spacial score (nSPS) is 32.1. The molecule has 1 aromatic carbocycles. The second kappa shape index (κ2) is 4.80. The third-order valence-electron chi connectivity index (χ3n) is 5.32. The molecule has 0 aromatic heterocycles. The second-order valence-electron chi connectivity index (χ2n) is 6.62. The topological polar surface area (TPSA) is 32.3 Å². The first kappa shape index (κ1) is 12.2. The highest BCUT2D eigenvalue weighted by molar-refractivity contribution is 5.95. The molecule has 3 atom stereocenters. The van der Waals surface area contributed by atoms with Gasteiger partial charge in [-0.25, -0.2) is 0 Å². The van der Waals surface area contributed by atoms with Crippen molar-refractivity contribution >= 4 is 17.3 Å². The smallest absolute Gasteiger partial charge is 0.227 e. The zero-order valence-corrected chi connectivity index (χ0v) is 11.8. The fourth-order valence-corrected chi connectivity index (χ4v) is 4.32. The van der Waals surface area contributed by atoms with Gasteiger partial charge in [0.15, 0.2) is 0 Å². The maximum absolute atomic E-state index is 11.8. The predicted molar refractivity (Wildman–Crippen MR) is 80.9 cm³/mol. The molecule has 1 N–H and O–H groups in total. The maximum Gasteiger partial charge on any atom is 0.227 e. The van der Waals surface area contributed by atoms with Gasteiger partial charge >= 0.3 is 0 Å². The number of anilines is 2. The van der Waals surface area contributed by atoms with Crippen molar-refractivity contribution in [2.45, 2.75) is 44.6 Å². The minimum Gasteiger partial charge on any atom is -0.382 e. The zero-order chi connectivity index (χ0) is 13.5. The minimum absolute atomic E-state index is 0.266. The van der Waals surface area contributed by atoms with E-state index in [2.05, 4.69) is 29.6 Å². The van der Waals surface area contributed by atoms with E-state index < -0.39 is 0 Å². The van der Waals surface area contributed by atoms with Crippen LogP contribution < -0.4 is 10.2 Å². The number of nitrogens with zero attached hydrogens (tertiary/aromatic N) is 1. The average molecular weight is 270 g/mol. The van der Waals surface area contributed by atoms with E-state index in [9.17, 15) is 4.79 Å². The summed E-state index contributed by atoms with van der Waals surface area (Å²) in [5.74, 6) is 2.10. The van der Waals surface area contributed by atoms with Gasteiger partial charge in [0.1, 0.15) is 0 Å². The molecule has 3 fully saturated rings. The van der Waals surface area contributed by atoms with E-state index in [4.69, 9.17) is 0 Å². The molecule has 2 aliphatic carbocycles. The van der Waals surface area contributed by atoms with E-state index in [1.165, 1.54) is 31.4 Å². The highest BCUT2D eigenvalue weighted by atomic mass is 16.2. The van der Waals surface area contributed by atoms with Gasteiger partial charge < -0.3 is 10.2 Å². The molecule has 1 aliphatic heterocycles. The van der Waals surface area contributed by atoms with Crippen LogP contribution in [0.2, 0.25) is 0 Å². The number of carbonyl (C=O) groups excluding carboxylic acids is 1. The third-order valence-corrected chi connectivity index (χ3v) is 5.32. The number of fused-ring (bicyclic) bond motifs is 2. The molecule has 3 heteroatoms. The number of hydrogen-bond acceptors (Lipinski definition) is 2. The van der Waals surface area contributed by atoms with Crippen molar-refractivity contribution in [1.82, 2.24) is 0 Å². The first-order valence-electron chi connectivity index (χ1n) is 7.96. The summed E-state index contributed by atoms with van der Waals surface area (Å²) in [4.78, 5) is 13.8. The van der Waals surface area contributed by atoms with Crippen LogP contribution in [0.1, 0.15) is 38.5 Å². The summed E-state index contributed by atoms with van der Waals surface area (Å²) in [7, 11) is 0. The summed E-state index contributed by atoms with van der Waals surface area (Å²) < 4.78 is 0. The Morgan fingerprint density at radius 2 is 2.15 bits per heavy atom. The number of hydrogen-bond donors (Lipinski definition) is 1. The van der Waals surface area contributed by atoms with Crippen LogP contribution in [0, 0.1) is 11.8 Å². The number of carbonyl (C=O) groups is 1. The standard InChI is InChI=1S/C17H22N2O/c20-17-5-2-8-19(17)15-4-1-3-14(11-15)18-16-10-12-6-7-13(16)9-12/h1,3-4,11-13,16,18H,2,5-10H2. The quantitative estimate of drug-likeness (QED) is 0.913. The van der Waals surface area contributed by atoms with Crippen molar-refractivity contribution in [1.29, 1.82) is 0 Å². The molecule has 1 saturated heterocycles. The molecular weight excluding hydrogens is 248 g/mol. The van der Waals surface area contributed by atoms with Crippen LogP contribution in [0.5, 0.6) is 0 Å². The van der Waals surface area contributed by atoms with E-state index in [-0.39, 0.29) is 5.91 Å². The van der Waals surface area contributed by atoms with Crippen LogP contribution in [0.15, 0.2) is 24.3 Å². The molecule has 3 nitrogen and oxygen atoms in total. The molecule has 20 heavy (non-hydrogen) atoms. The summed E-state index contributed by atoms with van der Waals surface area (Å²) in [6, 6.07) is 9.05. The molecule has 3 unspecified atom stereocenters. The number of benzene rings is 1. The Kier molecular flexibility index (Phi) is 2.94. The molecule has 0 spiro atoms. The summed E-state index contributed by atoms with van der Waals surface area (Å²) in [5, 5.41) is 3.71. The lowest BCUT2D eigenvalue weighted by Gasteiger charge is -2.25. The molecule has 1 heterocycles. The van der Waals surface area contributed by atoms with E-state index in [1.807, 2.05) is 4.90 Å². The van der Waals surface area contributed by atoms with Crippen molar-refractivity contribution in [3.05, 3.63) is 24.3 Å². The Labute approximate surface area is 120 Å². The van der Waals surface area contributed by atoms with Gasteiger partial charge in [-0.3, -0.25) is 4.79 Å². The van der Waals surface area contributed by atoms with E-state index in [0.717, 1.165) is 30.5 Å². The molecule has 4 rings (SSSR count). The van der Waals surface area contributed by atoms with Gasteiger partial charge in [0, 0.05) is 30.4 Å². The summed E-state index contributed by atoms with van der Waals surface area (Å²) in [5.41, 5.74) is 2.24. The van der Waals surface area contributed by atoms with Gasteiger partial charge in [-0.15, -0.1) is 0 Å². The average Bonchev–Trinajstić information content (AvgIpc) is 3.15. The van der Waals surface area contributed by atoms with Crippen molar-refractivity contribution in [3.8, 4) is 0 Å². The summed E-state index contributed by atoms with van der Waals surface area (Å²) >= 11 is 0. The van der Waals surface area contributed by atoms with E-state index in [1.54, 1.807) is 0 Å². The second-order valence-corrected chi connectivity index (χ2v) is 6.62. The van der Waals surface area contributed by atoms with Crippen molar-refractivity contribution in [2.24, 2.45) is 11.8 Å². The van der Waals surface area contributed by atoms with Gasteiger partial charge in [0.05, 0.1) is 0 Å². The fourth-order valence-electron chi connectivity index (χ4n) is 4.32. The first-order chi connectivity index (χ1) is 9.79. The predicted octanol–water partition coefficient (Wildman–Crippen LogP) is 3.41. The molecular formula is C17H22N2O. The van der Waals surface area contributed by atoms with Gasteiger partial charge in [-0.05, 0) is 55.7 Å². The molecule has 3 aliphatic rings. The van der Waals surface area contributed by atoms with Crippen molar-refractivity contribution in [3.63, 3.8) is 0 Å². The highest BCUT2D eigenvalue weighted by Gasteiger charge is 2.39. The Balaban J connectivity index is 1.50. The number of rotatable bonds is 3. The monoisotopic (exact) mass is 270 g/mol. The molecule has 1 amide bonds. The Morgan fingerprint density at radius 1 is 1.20 bits per heavy atom. The minimum atomic E-state index is 0.266. The van der Waals surface area contributed by atoms with Crippen molar-refractivity contribution < 1.29 is 4.79 Å². The first-order valence-corrected chi connectivity index (χ1v) is 7.96. The molecule has 106 valence electrons. The third kappa shape index (κ3) is 2.09. The lowest BCUT2D eigenvalue weighted by atomic mass is 9.95. The molecule has 1 aromatic rings. The Hall–Kier alpha value is -1.51. The summed E-state index contributed by atoms with van der Waals surface area (Å²) in [6.45, 7) is 0.871. The lowest BCUT2D eigenvalue weighted by Crippen LogP contribution is -2.26. The van der Waals surface area contributed by atoms with Gasteiger partial charge in [-0.1, -0.05) is 12.5 Å². The molecule has 2 saturated carbocycles. The van der Waals surface area contributed by atoms with Crippen LogP contribution in [0.25, 0.3) is 0 Å². The Bertz CT molecular complexity index is 527. The van der Waals surface area contributed by atoms with Gasteiger partial charge in [0.2, 0.25) is 5.91 Å². The van der Waals surface area contributed by atoms with Crippen LogP contribution >= 0.6 is 0 Å². The zero-order valence-electron chi connectivity index (χ0n) is 11.8. The van der Waals surface area contributed by atoms with E-state index >= 15 is 0 Å². The van der Waals surface area contributed by atoms with Crippen molar-refractivity contribution in [2.75, 3.05) is 16.8 Å². The molecule has 2 bridgehead atoms. The van der Waals surface area contributed by atoms with Gasteiger partial charge in [-0.2, -0.15) is 0 Å². The fraction of sp³-hybridized carbons (Fsp3) is 0.588. The number of amides is 1. The highest BCUT2D eigenvalue weighted by Crippen LogP contribution is 2.45. The largest absolute Gasteiger partial charge is 0.382 e. The van der Waals surface area contributed by atoms with E-state index in [0.29, 0.717) is 12.5 Å². The SMILES string of the molecule is O=C1CCCN1c1cccc(NC2CC3CCC2C3)c1. The van der Waals surface area contributed by atoms with Crippen LogP contribution in [0.3, 0.4) is 0 Å². The number of nitrogens with one attached hydrogen (secondary N) is 1. The van der Waals surface area contributed by atoms with Gasteiger partial charge in [0.25, 0.3) is 0 Å². The van der Waals surface area contributed by atoms with Crippen LogP contribution in [-0.4, -0.2) is 18.5 Å². The maximum atomic E-state index is 11.8. The molecule has 0 radical (unpaired) electrons. The lowest BCUT2D eigenvalue weighted by molar-refractivity contribution is -0.117. The van der Waals surface area contributed by atoms with Crippen LogP contribution in [-0.2, 0) is 4.79 Å².